The fourth-order valence-corrected chi connectivity index (χ4v) is 4.93. The largest absolute Gasteiger partial charge is 0.493 e. The van der Waals surface area contributed by atoms with E-state index in [0.717, 1.165) is 22.3 Å². The quantitative estimate of drug-likeness (QED) is 0.261. The number of rotatable bonds is 7. The molecular formula is C31H30ClNO5. The number of aryl methyl sites for hydroxylation is 2. The second kappa shape index (κ2) is 10.2. The molecule has 3 aromatic carbocycles. The highest BCUT2D eigenvalue weighted by atomic mass is 35.5. The van der Waals surface area contributed by atoms with Gasteiger partial charge < -0.3 is 18.8 Å². The van der Waals surface area contributed by atoms with E-state index >= 15 is 0 Å². The highest BCUT2D eigenvalue weighted by Gasteiger charge is 2.43. The molecule has 7 heteroatoms. The summed E-state index contributed by atoms with van der Waals surface area (Å²) in [4.78, 5) is 29.4. The topological polar surface area (TPSA) is 69.0 Å². The van der Waals surface area contributed by atoms with Crippen LogP contribution in [0.1, 0.15) is 58.3 Å². The van der Waals surface area contributed by atoms with Gasteiger partial charge in [-0.2, -0.15) is 0 Å². The highest BCUT2D eigenvalue weighted by Crippen LogP contribution is 2.42. The number of carbonyl (C=O) groups is 1. The molecular weight excluding hydrogens is 502 g/mol. The molecule has 1 unspecified atom stereocenters. The monoisotopic (exact) mass is 531 g/mol. The van der Waals surface area contributed by atoms with Gasteiger partial charge in [0.25, 0.3) is 5.91 Å². The number of fused-ring (bicyclic) bond motifs is 2. The lowest BCUT2D eigenvalue weighted by Crippen LogP contribution is -2.29. The van der Waals surface area contributed by atoms with Crippen molar-refractivity contribution in [3.63, 3.8) is 0 Å². The highest BCUT2D eigenvalue weighted by molar-refractivity contribution is 6.32. The maximum absolute atomic E-state index is 13.9. The van der Waals surface area contributed by atoms with Crippen molar-refractivity contribution < 1.29 is 18.7 Å². The van der Waals surface area contributed by atoms with Crippen LogP contribution in [0.25, 0.3) is 11.0 Å². The Morgan fingerprint density at radius 1 is 1.00 bits per heavy atom. The third-order valence-electron chi connectivity index (χ3n) is 6.80. The molecule has 2 heterocycles. The van der Waals surface area contributed by atoms with Crippen LogP contribution in [-0.4, -0.2) is 24.5 Å². The standard InChI is InChI=1S/C31H30ClNO5/c1-17(2)16-37-24-11-10-21(13-26(24)36-5)28-27-29(34)22-14-23(32)19(4)12-25(22)38-30(27)31(35)33(28)15-20-8-6-18(3)7-9-20/h6-14,17,28H,15-16H2,1-5H3. The van der Waals surface area contributed by atoms with Gasteiger partial charge in [0.15, 0.2) is 16.9 Å². The Labute approximate surface area is 226 Å². The van der Waals surface area contributed by atoms with Gasteiger partial charge in [0.05, 0.1) is 30.7 Å². The zero-order valence-electron chi connectivity index (χ0n) is 22.1. The lowest BCUT2D eigenvalue weighted by Gasteiger charge is -2.26. The van der Waals surface area contributed by atoms with E-state index in [-0.39, 0.29) is 17.1 Å². The molecule has 1 amide bonds. The average Bonchev–Trinajstić information content (AvgIpc) is 3.16. The minimum Gasteiger partial charge on any atom is -0.493 e. The minimum absolute atomic E-state index is 0.0560. The summed E-state index contributed by atoms with van der Waals surface area (Å²) in [6.07, 6.45) is 0. The molecule has 1 aliphatic rings. The van der Waals surface area contributed by atoms with Gasteiger partial charge in [0, 0.05) is 11.6 Å². The van der Waals surface area contributed by atoms with Crippen LogP contribution in [-0.2, 0) is 6.54 Å². The molecule has 0 radical (unpaired) electrons. The summed E-state index contributed by atoms with van der Waals surface area (Å²) in [5, 5.41) is 0.814. The second-order valence-corrected chi connectivity index (χ2v) is 10.6. The molecule has 0 fully saturated rings. The van der Waals surface area contributed by atoms with E-state index in [9.17, 15) is 9.59 Å². The van der Waals surface area contributed by atoms with Crippen molar-refractivity contribution in [3.05, 3.63) is 103 Å². The number of methoxy groups -OCH3 is 1. The van der Waals surface area contributed by atoms with Crippen molar-refractivity contribution in [3.8, 4) is 11.5 Å². The summed E-state index contributed by atoms with van der Waals surface area (Å²) in [5.41, 5.74) is 3.93. The fourth-order valence-electron chi connectivity index (χ4n) is 4.77. The van der Waals surface area contributed by atoms with Gasteiger partial charge in [-0.25, -0.2) is 0 Å². The molecule has 4 aromatic rings. The van der Waals surface area contributed by atoms with Gasteiger partial charge in [0.1, 0.15) is 5.58 Å². The zero-order valence-corrected chi connectivity index (χ0v) is 22.9. The van der Waals surface area contributed by atoms with Gasteiger partial charge in [-0.3, -0.25) is 9.59 Å². The molecule has 0 saturated heterocycles. The van der Waals surface area contributed by atoms with Crippen LogP contribution in [0.2, 0.25) is 5.02 Å². The van der Waals surface area contributed by atoms with Crippen molar-refractivity contribution in [2.45, 2.75) is 40.3 Å². The third-order valence-corrected chi connectivity index (χ3v) is 7.20. The first-order valence-corrected chi connectivity index (χ1v) is 13.0. The molecule has 5 rings (SSSR count). The Kier molecular flexibility index (Phi) is 6.93. The maximum atomic E-state index is 13.9. The van der Waals surface area contributed by atoms with E-state index < -0.39 is 6.04 Å². The lowest BCUT2D eigenvalue weighted by atomic mass is 9.97. The molecule has 196 valence electrons. The van der Waals surface area contributed by atoms with Gasteiger partial charge in [-0.05, 0) is 60.7 Å². The van der Waals surface area contributed by atoms with E-state index in [1.165, 1.54) is 0 Å². The van der Waals surface area contributed by atoms with Crippen molar-refractivity contribution in [2.75, 3.05) is 13.7 Å². The molecule has 38 heavy (non-hydrogen) atoms. The lowest BCUT2D eigenvalue weighted by molar-refractivity contribution is 0.0714. The molecule has 0 aliphatic carbocycles. The van der Waals surface area contributed by atoms with Gasteiger partial charge in [-0.15, -0.1) is 0 Å². The molecule has 0 bridgehead atoms. The third kappa shape index (κ3) is 4.65. The number of hydrogen-bond acceptors (Lipinski definition) is 5. The predicted molar refractivity (Wildman–Crippen MR) is 148 cm³/mol. The zero-order chi connectivity index (χ0) is 27.1. The number of hydrogen-bond donors (Lipinski definition) is 0. The number of carbonyl (C=O) groups excluding carboxylic acids is 1. The Morgan fingerprint density at radius 2 is 1.74 bits per heavy atom. The van der Waals surface area contributed by atoms with Crippen LogP contribution in [0.4, 0.5) is 0 Å². The van der Waals surface area contributed by atoms with Crippen molar-refractivity contribution in [1.82, 2.24) is 4.90 Å². The van der Waals surface area contributed by atoms with Gasteiger partial charge in [0.2, 0.25) is 5.76 Å². The van der Waals surface area contributed by atoms with Gasteiger partial charge in [-0.1, -0.05) is 61.3 Å². The molecule has 1 atom stereocenters. The summed E-state index contributed by atoms with van der Waals surface area (Å²) < 4.78 is 17.7. The minimum atomic E-state index is -0.674. The fraction of sp³-hybridized carbons (Fsp3) is 0.290. The number of ether oxygens (including phenoxy) is 2. The maximum Gasteiger partial charge on any atom is 0.291 e. The Bertz CT molecular complexity index is 1590. The summed E-state index contributed by atoms with van der Waals surface area (Å²) in [5.74, 6) is 1.20. The number of nitrogens with zero attached hydrogens (tertiary/aromatic N) is 1. The summed E-state index contributed by atoms with van der Waals surface area (Å²) in [6.45, 7) is 8.83. The van der Waals surface area contributed by atoms with Crippen LogP contribution < -0.4 is 14.9 Å². The average molecular weight is 532 g/mol. The van der Waals surface area contributed by atoms with Crippen molar-refractivity contribution >= 4 is 28.5 Å². The van der Waals surface area contributed by atoms with Gasteiger partial charge >= 0.3 is 0 Å². The van der Waals surface area contributed by atoms with Crippen molar-refractivity contribution in [2.24, 2.45) is 5.92 Å². The molecule has 0 N–H and O–H groups in total. The first-order valence-electron chi connectivity index (χ1n) is 12.6. The summed E-state index contributed by atoms with van der Waals surface area (Å²) in [7, 11) is 1.57. The molecule has 0 spiro atoms. The normalized spacial score (nSPS) is 14.9. The van der Waals surface area contributed by atoms with Crippen LogP contribution in [0.15, 0.2) is 63.8 Å². The van der Waals surface area contributed by atoms with Crippen LogP contribution in [0.5, 0.6) is 11.5 Å². The molecule has 6 nitrogen and oxygen atoms in total. The van der Waals surface area contributed by atoms with Crippen LogP contribution in [0, 0.1) is 19.8 Å². The first-order chi connectivity index (χ1) is 18.2. The van der Waals surface area contributed by atoms with Crippen LogP contribution >= 0.6 is 11.6 Å². The number of halogens is 1. The predicted octanol–water partition coefficient (Wildman–Crippen LogP) is 6.85. The van der Waals surface area contributed by atoms with E-state index in [0.29, 0.717) is 52.1 Å². The Hall–Kier alpha value is -3.77. The Balaban J connectivity index is 1.68. The van der Waals surface area contributed by atoms with Crippen molar-refractivity contribution in [1.29, 1.82) is 0 Å². The van der Waals surface area contributed by atoms with E-state index in [2.05, 4.69) is 13.8 Å². The number of benzene rings is 3. The van der Waals surface area contributed by atoms with E-state index in [1.54, 1.807) is 24.1 Å². The first kappa shape index (κ1) is 25.9. The summed E-state index contributed by atoms with van der Waals surface area (Å²) >= 11 is 6.36. The Morgan fingerprint density at radius 3 is 2.42 bits per heavy atom. The summed E-state index contributed by atoms with van der Waals surface area (Å²) in [6, 6.07) is 16.2. The van der Waals surface area contributed by atoms with E-state index in [1.807, 2.05) is 56.3 Å². The number of amides is 1. The van der Waals surface area contributed by atoms with Crippen LogP contribution in [0.3, 0.4) is 0 Å². The SMILES string of the molecule is COc1cc(C2c3c(oc4cc(C)c(Cl)cc4c3=O)C(=O)N2Cc2ccc(C)cc2)ccc1OCC(C)C. The molecule has 1 aromatic heterocycles. The molecule has 0 saturated carbocycles. The second-order valence-electron chi connectivity index (χ2n) is 10.2. The van der Waals surface area contributed by atoms with E-state index in [4.69, 9.17) is 25.5 Å². The smallest absolute Gasteiger partial charge is 0.291 e. The molecule has 1 aliphatic heterocycles.